The van der Waals surface area contributed by atoms with Gasteiger partial charge in [0, 0.05) is 23.7 Å². The van der Waals surface area contributed by atoms with Crippen LogP contribution in [0.15, 0.2) is 18.2 Å². The number of benzene rings is 1. The summed E-state index contributed by atoms with van der Waals surface area (Å²) >= 11 is 12.0. The number of unbranched alkanes of at least 4 members (excludes halogenated alkanes) is 2. The van der Waals surface area contributed by atoms with Crippen molar-refractivity contribution < 1.29 is 9.47 Å². The van der Waals surface area contributed by atoms with Gasteiger partial charge in [-0.3, -0.25) is 0 Å². The number of piperidine rings is 1. The average Bonchev–Trinajstić information content (AvgIpc) is 2.55. The highest BCUT2D eigenvalue weighted by molar-refractivity contribution is 6.34. The Balaban J connectivity index is 1.75. The molecule has 0 saturated carbocycles. The number of rotatable bonds is 9. The molecule has 2 atom stereocenters. The van der Waals surface area contributed by atoms with Gasteiger partial charge in [0.05, 0.1) is 12.7 Å². The number of methoxy groups -OCH3 is 1. The molecule has 0 N–H and O–H groups in total. The fraction of sp³-hybridized carbons (Fsp3) is 0.684. The Morgan fingerprint density at radius 2 is 1.92 bits per heavy atom. The number of ether oxygens (including phenoxy) is 2. The molecule has 0 amide bonds. The maximum atomic E-state index is 6.00. The van der Waals surface area contributed by atoms with E-state index >= 15 is 0 Å². The Hall–Kier alpha value is -0.480. The molecule has 0 bridgehead atoms. The van der Waals surface area contributed by atoms with E-state index in [4.69, 9.17) is 32.7 Å². The zero-order chi connectivity index (χ0) is 17.4. The molecule has 0 spiro atoms. The van der Waals surface area contributed by atoms with Crippen LogP contribution in [0.4, 0.5) is 0 Å². The van der Waals surface area contributed by atoms with Crippen LogP contribution in [0, 0.1) is 5.92 Å². The molecule has 3 nitrogen and oxygen atoms in total. The number of hydrogen-bond donors (Lipinski definition) is 0. The van der Waals surface area contributed by atoms with Gasteiger partial charge in [-0.05, 0) is 56.5 Å². The van der Waals surface area contributed by atoms with E-state index in [1.54, 1.807) is 18.2 Å². The number of halogens is 2. The molecule has 1 aliphatic rings. The Kier molecular flexibility index (Phi) is 8.68. The summed E-state index contributed by atoms with van der Waals surface area (Å²) in [5.41, 5.74) is 0. The molecule has 1 heterocycles. The summed E-state index contributed by atoms with van der Waals surface area (Å²) in [6.45, 7) is 6.30. The molecule has 0 aliphatic carbocycles. The van der Waals surface area contributed by atoms with E-state index in [-0.39, 0.29) is 0 Å². The lowest BCUT2D eigenvalue weighted by atomic mass is 9.91. The van der Waals surface area contributed by atoms with Gasteiger partial charge in [0.25, 0.3) is 0 Å². The minimum absolute atomic E-state index is 0.298. The van der Waals surface area contributed by atoms with Crippen LogP contribution in [0.3, 0.4) is 0 Å². The van der Waals surface area contributed by atoms with Gasteiger partial charge >= 0.3 is 0 Å². The third kappa shape index (κ3) is 6.44. The summed E-state index contributed by atoms with van der Waals surface area (Å²) in [5.74, 6) is 1.28. The Bertz CT molecular complexity index is 478. The maximum Gasteiger partial charge on any atom is 0.122 e. The van der Waals surface area contributed by atoms with Crippen molar-refractivity contribution in [3.8, 4) is 5.75 Å². The van der Waals surface area contributed by atoms with Gasteiger partial charge in [0.15, 0.2) is 0 Å². The van der Waals surface area contributed by atoms with Crippen LogP contribution >= 0.6 is 23.2 Å². The first-order valence-corrected chi connectivity index (χ1v) is 9.72. The fourth-order valence-electron chi connectivity index (χ4n) is 3.35. The van der Waals surface area contributed by atoms with Crippen molar-refractivity contribution in [1.82, 2.24) is 4.90 Å². The van der Waals surface area contributed by atoms with Gasteiger partial charge in [-0.15, -0.1) is 0 Å². The normalized spacial score (nSPS) is 21.8. The van der Waals surface area contributed by atoms with Crippen molar-refractivity contribution in [1.29, 1.82) is 0 Å². The third-order valence-electron chi connectivity index (χ3n) is 4.75. The summed E-state index contributed by atoms with van der Waals surface area (Å²) < 4.78 is 11.6. The third-order valence-corrected chi connectivity index (χ3v) is 5.19. The molecule has 1 saturated heterocycles. The van der Waals surface area contributed by atoms with Gasteiger partial charge in [-0.25, -0.2) is 0 Å². The fourth-order valence-corrected chi connectivity index (χ4v) is 3.86. The Morgan fingerprint density at radius 3 is 2.58 bits per heavy atom. The van der Waals surface area contributed by atoms with Crippen molar-refractivity contribution in [3.05, 3.63) is 28.2 Å². The molecule has 0 radical (unpaired) electrons. The zero-order valence-electron chi connectivity index (χ0n) is 14.8. The minimum Gasteiger partial charge on any atom is -0.493 e. The summed E-state index contributed by atoms with van der Waals surface area (Å²) in [7, 11) is 1.82. The highest BCUT2D eigenvalue weighted by Gasteiger charge is 2.28. The SMILES string of the molecule is CCCCCN1CC[C@@H](CCOc2cc(Cl)cc(Cl)c2)[C@@H](OC)C1. The summed E-state index contributed by atoms with van der Waals surface area (Å²) in [5, 5.41) is 1.21. The first-order chi connectivity index (χ1) is 11.6. The molecule has 2 rings (SSSR count). The van der Waals surface area contributed by atoms with Crippen molar-refractivity contribution in [2.75, 3.05) is 33.4 Å². The van der Waals surface area contributed by atoms with E-state index in [1.165, 1.54) is 32.2 Å². The second-order valence-corrected chi connectivity index (χ2v) is 7.45. The van der Waals surface area contributed by atoms with Crippen molar-refractivity contribution in [3.63, 3.8) is 0 Å². The molecule has 0 unspecified atom stereocenters. The topological polar surface area (TPSA) is 21.7 Å². The standard InChI is InChI=1S/C19H29Cl2NO2/c1-3-4-5-8-22-9-6-15(19(14-22)23-2)7-10-24-18-12-16(20)11-17(21)13-18/h11-13,15,19H,3-10,14H2,1-2H3/t15-,19-/m0/s1. The predicted molar refractivity (Wildman–Crippen MR) is 101 cm³/mol. The van der Waals surface area contributed by atoms with Crippen molar-refractivity contribution in [2.45, 2.75) is 45.1 Å². The number of hydrogen-bond acceptors (Lipinski definition) is 3. The molecule has 136 valence electrons. The second-order valence-electron chi connectivity index (χ2n) is 6.57. The average molecular weight is 374 g/mol. The first kappa shape index (κ1) is 19.8. The van der Waals surface area contributed by atoms with Crippen LogP contribution < -0.4 is 4.74 Å². The van der Waals surface area contributed by atoms with Gasteiger partial charge in [-0.2, -0.15) is 0 Å². The molecule has 1 aromatic rings. The van der Waals surface area contributed by atoms with E-state index in [0.717, 1.165) is 25.3 Å². The molecule has 24 heavy (non-hydrogen) atoms. The second kappa shape index (κ2) is 10.5. The van der Waals surface area contributed by atoms with Gasteiger partial charge in [-0.1, -0.05) is 43.0 Å². The Morgan fingerprint density at radius 1 is 1.17 bits per heavy atom. The number of likely N-dealkylation sites (tertiary alicyclic amines) is 1. The lowest BCUT2D eigenvalue weighted by Crippen LogP contribution is -2.45. The van der Waals surface area contributed by atoms with Crippen molar-refractivity contribution >= 4 is 23.2 Å². The molecule has 1 fully saturated rings. The van der Waals surface area contributed by atoms with Crippen LogP contribution in [0.5, 0.6) is 5.75 Å². The zero-order valence-corrected chi connectivity index (χ0v) is 16.3. The highest BCUT2D eigenvalue weighted by atomic mass is 35.5. The molecule has 0 aromatic heterocycles. The molecule has 1 aliphatic heterocycles. The lowest BCUT2D eigenvalue weighted by Gasteiger charge is -2.37. The van der Waals surface area contributed by atoms with E-state index in [9.17, 15) is 0 Å². The number of nitrogens with zero attached hydrogens (tertiary/aromatic N) is 1. The van der Waals surface area contributed by atoms with E-state index in [2.05, 4.69) is 11.8 Å². The summed E-state index contributed by atoms with van der Waals surface area (Å²) in [6, 6.07) is 5.32. The van der Waals surface area contributed by atoms with Crippen LogP contribution in [0.25, 0.3) is 0 Å². The monoisotopic (exact) mass is 373 g/mol. The van der Waals surface area contributed by atoms with Crippen LogP contribution in [0.2, 0.25) is 10.0 Å². The highest BCUT2D eigenvalue weighted by Crippen LogP contribution is 2.26. The Labute approximate surface area is 156 Å². The van der Waals surface area contributed by atoms with Crippen molar-refractivity contribution in [2.24, 2.45) is 5.92 Å². The smallest absolute Gasteiger partial charge is 0.122 e. The van der Waals surface area contributed by atoms with E-state index in [1.807, 2.05) is 7.11 Å². The van der Waals surface area contributed by atoms with Gasteiger partial charge in [0.2, 0.25) is 0 Å². The van der Waals surface area contributed by atoms with E-state index in [0.29, 0.717) is 28.7 Å². The maximum absolute atomic E-state index is 6.00. The molecular weight excluding hydrogens is 345 g/mol. The van der Waals surface area contributed by atoms with Gasteiger partial charge in [0.1, 0.15) is 5.75 Å². The molecule has 1 aromatic carbocycles. The lowest BCUT2D eigenvalue weighted by molar-refractivity contribution is -0.0180. The largest absolute Gasteiger partial charge is 0.493 e. The van der Waals surface area contributed by atoms with Crippen LogP contribution in [-0.2, 0) is 4.74 Å². The summed E-state index contributed by atoms with van der Waals surface area (Å²) in [4.78, 5) is 2.54. The minimum atomic E-state index is 0.298. The first-order valence-electron chi connectivity index (χ1n) is 8.96. The van der Waals surface area contributed by atoms with E-state index < -0.39 is 0 Å². The molecular formula is C19H29Cl2NO2. The van der Waals surface area contributed by atoms with Crippen LogP contribution in [-0.4, -0.2) is 44.4 Å². The predicted octanol–water partition coefficient (Wildman–Crippen LogP) is 5.29. The quantitative estimate of drug-likeness (QED) is 0.548. The molecule has 5 heteroatoms. The summed E-state index contributed by atoms with van der Waals surface area (Å²) in [6.07, 6.45) is 6.33. The van der Waals surface area contributed by atoms with Crippen LogP contribution in [0.1, 0.15) is 39.0 Å². The van der Waals surface area contributed by atoms with Gasteiger partial charge < -0.3 is 14.4 Å².